The Kier molecular flexibility index (Phi) is 3.52. The third kappa shape index (κ3) is 2.39. The molecule has 0 fully saturated rings. The maximum Gasteiger partial charge on any atom is 0.270 e. The van der Waals surface area contributed by atoms with E-state index in [4.69, 9.17) is 0 Å². The molecule has 1 amide bonds. The van der Waals surface area contributed by atoms with Gasteiger partial charge >= 0.3 is 0 Å². The van der Waals surface area contributed by atoms with Crippen molar-refractivity contribution in [3.63, 3.8) is 0 Å². The Morgan fingerprint density at radius 1 is 1.60 bits per heavy atom. The van der Waals surface area contributed by atoms with Gasteiger partial charge in [0.15, 0.2) is 0 Å². The van der Waals surface area contributed by atoms with Gasteiger partial charge in [0, 0.05) is 12.1 Å². The number of hydrogen-bond donors (Lipinski definition) is 1. The minimum atomic E-state index is -0.549. The second-order valence-corrected chi connectivity index (χ2v) is 2.99. The molecule has 15 heavy (non-hydrogen) atoms. The molecule has 6 heteroatoms. The number of carbonyl (C=O) groups is 1. The molecular formula is C9H9N2O3P. The van der Waals surface area contributed by atoms with Crippen LogP contribution in [0.1, 0.15) is 15.9 Å². The molecule has 1 rings (SSSR count). The van der Waals surface area contributed by atoms with E-state index in [1.54, 1.807) is 0 Å². The molecule has 0 heterocycles. The van der Waals surface area contributed by atoms with E-state index < -0.39 is 10.8 Å². The summed E-state index contributed by atoms with van der Waals surface area (Å²) in [6, 6.07) is 4.04. The first-order valence-electron chi connectivity index (χ1n) is 4.02. The Hall–Kier alpha value is -1.74. The minimum absolute atomic E-state index is 0.121. The molecule has 0 spiro atoms. The molecule has 5 nitrogen and oxygen atoms in total. The normalized spacial score (nSPS) is 9.40. The SMILES string of the molecule is C=Cc1ccc([N+](=O)[O-])cc1C(=O)NP. The predicted molar refractivity (Wildman–Crippen MR) is 60.4 cm³/mol. The molecule has 0 aromatic heterocycles. The van der Waals surface area contributed by atoms with Crippen LogP contribution in [-0.4, -0.2) is 10.8 Å². The first-order chi connectivity index (χ1) is 7.10. The van der Waals surface area contributed by atoms with E-state index in [9.17, 15) is 14.9 Å². The molecule has 0 radical (unpaired) electrons. The molecule has 0 aliphatic rings. The van der Waals surface area contributed by atoms with E-state index in [-0.39, 0.29) is 11.3 Å². The summed E-state index contributed by atoms with van der Waals surface area (Å²) in [5, 5.41) is 12.8. The third-order valence-corrected chi connectivity index (χ3v) is 2.11. The van der Waals surface area contributed by atoms with E-state index in [1.807, 2.05) is 9.39 Å². The Morgan fingerprint density at radius 3 is 2.73 bits per heavy atom. The Bertz CT molecular complexity index is 431. The van der Waals surface area contributed by atoms with Crippen molar-refractivity contribution >= 4 is 27.1 Å². The predicted octanol–water partition coefficient (Wildman–Crippen LogP) is 1.76. The van der Waals surface area contributed by atoms with E-state index in [0.717, 1.165) is 0 Å². The third-order valence-electron chi connectivity index (χ3n) is 1.84. The fraction of sp³-hybridized carbons (Fsp3) is 0. The molecule has 1 aromatic carbocycles. The van der Waals surface area contributed by atoms with Crippen LogP contribution in [0.15, 0.2) is 24.8 Å². The van der Waals surface area contributed by atoms with Crippen LogP contribution in [0.2, 0.25) is 0 Å². The maximum atomic E-state index is 11.4. The average molecular weight is 224 g/mol. The first-order valence-corrected chi connectivity index (χ1v) is 4.59. The summed E-state index contributed by atoms with van der Waals surface area (Å²) in [6.07, 6.45) is 1.47. The van der Waals surface area contributed by atoms with Crippen molar-refractivity contribution in [1.29, 1.82) is 0 Å². The number of nitro groups is 1. The van der Waals surface area contributed by atoms with Crippen LogP contribution in [-0.2, 0) is 0 Å². The topological polar surface area (TPSA) is 72.2 Å². The molecule has 0 aliphatic heterocycles. The Labute approximate surface area is 88.6 Å². The van der Waals surface area contributed by atoms with E-state index in [0.29, 0.717) is 5.56 Å². The number of carbonyl (C=O) groups excluding carboxylic acids is 1. The number of non-ortho nitro benzene ring substituents is 1. The molecule has 1 N–H and O–H groups in total. The van der Waals surface area contributed by atoms with Gasteiger partial charge in [-0.3, -0.25) is 14.9 Å². The number of nitro benzene ring substituents is 1. The first kappa shape index (κ1) is 11.3. The zero-order valence-corrected chi connectivity index (χ0v) is 8.92. The van der Waals surface area contributed by atoms with Gasteiger partial charge in [0.2, 0.25) is 0 Å². The number of amides is 1. The molecular weight excluding hydrogens is 215 g/mol. The van der Waals surface area contributed by atoms with Gasteiger partial charge in [-0.1, -0.05) is 12.7 Å². The van der Waals surface area contributed by atoms with Crippen LogP contribution < -0.4 is 5.09 Å². The summed E-state index contributed by atoms with van der Waals surface area (Å²) in [5.41, 5.74) is 0.666. The highest BCUT2D eigenvalue weighted by atomic mass is 31.0. The zero-order valence-electron chi connectivity index (χ0n) is 7.77. The van der Waals surface area contributed by atoms with Crippen LogP contribution in [0.5, 0.6) is 0 Å². The summed E-state index contributed by atoms with van der Waals surface area (Å²) in [7, 11) is 2.05. The molecule has 0 saturated carbocycles. The second kappa shape index (κ2) is 4.66. The summed E-state index contributed by atoms with van der Waals surface area (Å²) in [6.45, 7) is 3.53. The van der Waals surface area contributed by atoms with Crippen molar-refractivity contribution in [2.24, 2.45) is 0 Å². The molecule has 1 aromatic rings. The molecule has 1 atom stereocenters. The Balaban J connectivity index is 3.31. The van der Waals surface area contributed by atoms with Crippen LogP contribution in [0.25, 0.3) is 6.08 Å². The van der Waals surface area contributed by atoms with Crippen molar-refractivity contribution < 1.29 is 9.72 Å². The summed E-state index contributed by atoms with van der Waals surface area (Å²) < 4.78 is 0. The molecule has 1 unspecified atom stereocenters. The van der Waals surface area contributed by atoms with Crippen molar-refractivity contribution in [3.8, 4) is 0 Å². The van der Waals surface area contributed by atoms with Crippen LogP contribution in [0, 0.1) is 10.1 Å². The molecule has 0 aliphatic carbocycles. The van der Waals surface area contributed by atoms with Gasteiger partial charge in [0.05, 0.1) is 10.5 Å². The number of rotatable bonds is 3. The minimum Gasteiger partial charge on any atom is -0.337 e. The van der Waals surface area contributed by atoms with Crippen LogP contribution in [0.4, 0.5) is 5.69 Å². The quantitative estimate of drug-likeness (QED) is 0.483. The van der Waals surface area contributed by atoms with Gasteiger partial charge in [0.25, 0.3) is 11.6 Å². The van der Waals surface area contributed by atoms with Crippen LogP contribution in [0.3, 0.4) is 0 Å². The smallest absolute Gasteiger partial charge is 0.270 e. The fourth-order valence-corrected chi connectivity index (χ4v) is 1.27. The summed E-state index contributed by atoms with van der Waals surface area (Å²) in [5.74, 6) is -0.404. The molecule has 0 bridgehead atoms. The van der Waals surface area contributed by atoms with Gasteiger partial charge in [-0.05, 0) is 21.0 Å². The summed E-state index contributed by atoms with van der Waals surface area (Å²) in [4.78, 5) is 21.3. The maximum absolute atomic E-state index is 11.4. The van der Waals surface area contributed by atoms with Gasteiger partial charge in [-0.15, -0.1) is 0 Å². The van der Waals surface area contributed by atoms with E-state index in [1.165, 1.54) is 24.3 Å². The summed E-state index contributed by atoms with van der Waals surface area (Å²) >= 11 is 0. The van der Waals surface area contributed by atoms with E-state index >= 15 is 0 Å². The lowest BCUT2D eigenvalue weighted by Gasteiger charge is -2.03. The molecule has 0 saturated heterocycles. The van der Waals surface area contributed by atoms with Gasteiger partial charge in [-0.25, -0.2) is 0 Å². The van der Waals surface area contributed by atoms with Crippen molar-refractivity contribution in [2.45, 2.75) is 0 Å². The fourth-order valence-electron chi connectivity index (χ4n) is 1.11. The zero-order chi connectivity index (χ0) is 11.4. The lowest BCUT2D eigenvalue weighted by molar-refractivity contribution is -0.384. The Morgan fingerprint density at radius 2 is 2.27 bits per heavy atom. The van der Waals surface area contributed by atoms with Crippen LogP contribution >= 0.6 is 9.39 Å². The van der Waals surface area contributed by atoms with Gasteiger partial charge in [-0.2, -0.15) is 0 Å². The van der Waals surface area contributed by atoms with E-state index in [2.05, 4.69) is 11.7 Å². The number of nitrogens with one attached hydrogen (secondary N) is 1. The standard InChI is InChI=1S/C9H9N2O3P/c1-2-6-3-4-7(11(13)14)5-8(6)9(12)10-15/h2-5H,1,15H2,(H,10,12). The van der Waals surface area contributed by atoms with Crippen molar-refractivity contribution in [2.75, 3.05) is 0 Å². The number of hydrogen-bond acceptors (Lipinski definition) is 3. The van der Waals surface area contributed by atoms with Crippen molar-refractivity contribution in [1.82, 2.24) is 5.09 Å². The largest absolute Gasteiger partial charge is 0.337 e. The highest BCUT2D eigenvalue weighted by Crippen LogP contribution is 2.18. The van der Waals surface area contributed by atoms with Crippen molar-refractivity contribution in [3.05, 3.63) is 46.0 Å². The highest BCUT2D eigenvalue weighted by Gasteiger charge is 2.13. The van der Waals surface area contributed by atoms with Gasteiger partial charge < -0.3 is 5.09 Å². The average Bonchev–Trinajstić information content (AvgIpc) is 2.27. The highest BCUT2D eigenvalue weighted by molar-refractivity contribution is 7.15. The lowest BCUT2D eigenvalue weighted by atomic mass is 10.1. The lowest BCUT2D eigenvalue weighted by Crippen LogP contribution is -2.13. The molecule has 78 valence electrons. The number of benzene rings is 1. The second-order valence-electron chi connectivity index (χ2n) is 2.71. The number of nitrogens with zero attached hydrogens (tertiary/aromatic N) is 1. The monoisotopic (exact) mass is 224 g/mol. The van der Waals surface area contributed by atoms with Gasteiger partial charge in [0.1, 0.15) is 0 Å².